The quantitative estimate of drug-likeness (QED) is 0.0266. The van der Waals surface area contributed by atoms with Gasteiger partial charge in [-0.1, -0.05) is 187 Å². The van der Waals surface area contributed by atoms with E-state index in [-0.39, 0.29) is 25.8 Å². The highest BCUT2D eigenvalue weighted by atomic mass is 31.2. The fourth-order valence-corrected chi connectivity index (χ4v) is 6.98. The lowest BCUT2D eigenvalue weighted by molar-refractivity contribution is -0.870. The van der Waals surface area contributed by atoms with Crippen LogP contribution in [-0.4, -0.2) is 70.7 Å². The molecule has 0 aliphatic carbocycles. The van der Waals surface area contributed by atoms with Gasteiger partial charge in [-0.3, -0.25) is 9.36 Å². The van der Waals surface area contributed by atoms with E-state index in [0.717, 1.165) is 32.1 Å². The molecule has 0 aliphatic heterocycles. The molecule has 0 saturated carbocycles. The Balaban J connectivity index is 4.20. The van der Waals surface area contributed by atoms with Crippen LogP contribution in [0.5, 0.6) is 0 Å². The molecule has 0 fully saturated rings. The van der Waals surface area contributed by atoms with Crippen LogP contribution in [0.4, 0.5) is 0 Å². The summed E-state index contributed by atoms with van der Waals surface area (Å²) in [6.07, 6.45) is 36.7. The number of quaternary nitrogens is 1. The van der Waals surface area contributed by atoms with E-state index in [1.54, 1.807) is 0 Å². The summed E-state index contributed by atoms with van der Waals surface area (Å²) < 4.78 is 34.6. The number of phosphoric acid groups is 1. The number of carbonyl (C=O) groups is 1. The standard InChI is InChI=1S/C42H86NO7P/c1-6-8-10-12-14-16-18-20-22-23-25-27-29-31-33-35-42(44)50-41(40-49-51(45,46)48-38-36-43(3,4)5)39-47-37-34-32-30-28-26-24-21-19-17-15-13-11-9-7-2/h41H,6-40H2,1-5H3/t41-/m0/s1. The van der Waals surface area contributed by atoms with Gasteiger partial charge in [0.05, 0.1) is 34.4 Å². The maximum Gasteiger partial charge on any atom is 0.306 e. The molecule has 0 rings (SSSR count). The van der Waals surface area contributed by atoms with Crippen LogP contribution >= 0.6 is 7.82 Å². The van der Waals surface area contributed by atoms with E-state index in [2.05, 4.69) is 13.8 Å². The first-order valence-corrected chi connectivity index (χ1v) is 23.2. The van der Waals surface area contributed by atoms with Crippen molar-refractivity contribution in [2.75, 3.05) is 54.1 Å². The summed E-state index contributed by atoms with van der Waals surface area (Å²) in [5.41, 5.74) is 0. The van der Waals surface area contributed by atoms with Crippen LogP contribution in [-0.2, 0) is 27.9 Å². The van der Waals surface area contributed by atoms with Gasteiger partial charge in [-0.2, -0.15) is 0 Å². The van der Waals surface area contributed by atoms with Crippen molar-refractivity contribution in [1.82, 2.24) is 0 Å². The zero-order valence-corrected chi connectivity index (χ0v) is 35.5. The molecule has 0 spiro atoms. The molecular weight excluding hydrogens is 661 g/mol. The maximum absolute atomic E-state index is 12.7. The van der Waals surface area contributed by atoms with Gasteiger partial charge in [-0.05, 0) is 12.8 Å². The smallest absolute Gasteiger partial charge is 0.306 e. The first kappa shape index (κ1) is 50.5. The van der Waals surface area contributed by atoms with Crippen molar-refractivity contribution in [1.29, 1.82) is 0 Å². The summed E-state index contributed by atoms with van der Waals surface area (Å²) in [4.78, 5) is 25.0. The zero-order valence-electron chi connectivity index (χ0n) is 34.6. The Labute approximate surface area is 317 Å². The van der Waals surface area contributed by atoms with E-state index in [4.69, 9.17) is 18.5 Å². The average molecular weight is 748 g/mol. The number of likely N-dealkylation sites (N-methyl/N-ethyl adjacent to an activating group) is 1. The first-order valence-electron chi connectivity index (χ1n) is 21.8. The molecule has 0 aliphatic rings. The predicted octanol–water partition coefficient (Wildman–Crippen LogP) is 11.9. The Bertz CT molecular complexity index is 792. The van der Waals surface area contributed by atoms with Gasteiger partial charge >= 0.3 is 5.97 Å². The molecule has 0 aromatic rings. The molecule has 306 valence electrons. The molecular formula is C42H86NO7P. The summed E-state index contributed by atoms with van der Waals surface area (Å²) in [7, 11) is 1.37. The second-order valence-electron chi connectivity index (χ2n) is 16.1. The van der Waals surface area contributed by atoms with Gasteiger partial charge in [0.2, 0.25) is 0 Å². The monoisotopic (exact) mass is 748 g/mol. The lowest BCUT2D eigenvalue weighted by Gasteiger charge is -2.28. The normalized spacial score (nSPS) is 13.8. The number of phosphoric ester groups is 1. The molecule has 0 N–H and O–H groups in total. The third kappa shape index (κ3) is 40.5. The molecule has 0 aromatic carbocycles. The van der Waals surface area contributed by atoms with Crippen LogP contribution in [0.15, 0.2) is 0 Å². The van der Waals surface area contributed by atoms with Crippen molar-refractivity contribution < 1.29 is 37.3 Å². The van der Waals surface area contributed by atoms with Crippen LogP contribution in [0.25, 0.3) is 0 Å². The summed E-state index contributed by atoms with van der Waals surface area (Å²) in [6, 6.07) is 0. The fourth-order valence-electron chi connectivity index (χ4n) is 6.25. The Morgan fingerprint density at radius 2 is 0.902 bits per heavy atom. The van der Waals surface area contributed by atoms with Crippen molar-refractivity contribution >= 4 is 13.8 Å². The van der Waals surface area contributed by atoms with Gasteiger partial charge < -0.3 is 27.9 Å². The van der Waals surface area contributed by atoms with Crippen molar-refractivity contribution in [2.24, 2.45) is 0 Å². The first-order chi connectivity index (χ1) is 24.6. The van der Waals surface area contributed by atoms with Gasteiger partial charge in [0.1, 0.15) is 19.3 Å². The fraction of sp³-hybridized carbons (Fsp3) is 0.976. The largest absolute Gasteiger partial charge is 0.756 e. The molecule has 0 aromatic heterocycles. The van der Waals surface area contributed by atoms with Crippen LogP contribution in [0.3, 0.4) is 0 Å². The number of rotatable bonds is 41. The molecule has 8 nitrogen and oxygen atoms in total. The van der Waals surface area contributed by atoms with E-state index >= 15 is 0 Å². The number of hydrogen-bond donors (Lipinski definition) is 0. The SMILES string of the molecule is CCCCCCCCCCCCCCCCCC(=O)O[C@@H](COCCCCCCCCCCCCCCCC)COP(=O)([O-])OCC[N+](C)(C)C. The lowest BCUT2D eigenvalue weighted by atomic mass is 10.0. The molecule has 51 heavy (non-hydrogen) atoms. The maximum atomic E-state index is 12.7. The van der Waals surface area contributed by atoms with E-state index in [0.29, 0.717) is 24.1 Å². The number of carbonyl (C=O) groups excluding carboxylic acids is 1. The molecule has 0 heterocycles. The van der Waals surface area contributed by atoms with Gasteiger partial charge in [-0.15, -0.1) is 0 Å². The van der Waals surface area contributed by atoms with Gasteiger partial charge in [-0.25, -0.2) is 0 Å². The van der Waals surface area contributed by atoms with Crippen molar-refractivity contribution in [3.05, 3.63) is 0 Å². The van der Waals surface area contributed by atoms with E-state index < -0.39 is 13.9 Å². The Morgan fingerprint density at radius 3 is 1.29 bits per heavy atom. The minimum absolute atomic E-state index is 0.0313. The molecule has 9 heteroatoms. The Kier molecular flexibility index (Phi) is 36.1. The minimum atomic E-state index is -4.51. The zero-order chi connectivity index (χ0) is 37.7. The number of esters is 1. The van der Waals surface area contributed by atoms with E-state index in [1.807, 2.05) is 21.1 Å². The minimum Gasteiger partial charge on any atom is -0.756 e. The Hall–Kier alpha value is -0.500. The second-order valence-corrected chi connectivity index (χ2v) is 17.5. The average Bonchev–Trinajstić information content (AvgIpc) is 3.08. The number of unbranched alkanes of at least 4 members (excludes halogenated alkanes) is 27. The van der Waals surface area contributed by atoms with Gasteiger partial charge in [0.25, 0.3) is 7.82 Å². The topological polar surface area (TPSA) is 94.1 Å². The third-order valence-corrected chi connectivity index (χ3v) is 10.6. The number of ether oxygens (including phenoxy) is 2. The van der Waals surface area contributed by atoms with Crippen molar-refractivity contribution in [2.45, 2.75) is 213 Å². The number of nitrogens with zero attached hydrogens (tertiary/aromatic N) is 1. The van der Waals surface area contributed by atoms with Crippen LogP contribution in [0.1, 0.15) is 206 Å². The molecule has 1 unspecified atom stereocenters. The van der Waals surface area contributed by atoms with Crippen molar-refractivity contribution in [3.8, 4) is 0 Å². The molecule has 0 saturated heterocycles. The summed E-state index contributed by atoms with van der Waals surface area (Å²) in [5, 5.41) is 0. The third-order valence-electron chi connectivity index (χ3n) is 9.66. The van der Waals surface area contributed by atoms with Crippen LogP contribution in [0.2, 0.25) is 0 Å². The highest BCUT2D eigenvalue weighted by Crippen LogP contribution is 2.38. The lowest BCUT2D eigenvalue weighted by Crippen LogP contribution is -2.37. The van der Waals surface area contributed by atoms with Crippen LogP contribution < -0.4 is 4.89 Å². The molecule has 0 bridgehead atoms. The van der Waals surface area contributed by atoms with E-state index in [9.17, 15) is 14.3 Å². The molecule has 0 amide bonds. The highest BCUT2D eigenvalue weighted by molar-refractivity contribution is 7.45. The van der Waals surface area contributed by atoms with E-state index in [1.165, 1.54) is 154 Å². The Morgan fingerprint density at radius 1 is 0.529 bits per heavy atom. The summed E-state index contributed by atoms with van der Waals surface area (Å²) in [6.45, 7) is 5.46. The van der Waals surface area contributed by atoms with Gasteiger partial charge in [0.15, 0.2) is 0 Å². The van der Waals surface area contributed by atoms with Crippen molar-refractivity contribution in [3.63, 3.8) is 0 Å². The van der Waals surface area contributed by atoms with Crippen LogP contribution in [0, 0.1) is 0 Å². The number of hydrogen-bond acceptors (Lipinski definition) is 7. The highest BCUT2D eigenvalue weighted by Gasteiger charge is 2.20. The summed E-state index contributed by atoms with van der Waals surface area (Å²) in [5.74, 6) is -0.329. The predicted molar refractivity (Wildman–Crippen MR) is 213 cm³/mol. The summed E-state index contributed by atoms with van der Waals surface area (Å²) >= 11 is 0. The second kappa shape index (κ2) is 36.5. The van der Waals surface area contributed by atoms with Gasteiger partial charge in [0, 0.05) is 13.0 Å². The molecule has 2 atom stereocenters. The molecule has 0 radical (unpaired) electrons.